The third-order valence-electron chi connectivity index (χ3n) is 5.97. The minimum absolute atomic E-state index is 0.00114. The topological polar surface area (TPSA) is 67.9 Å². The lowest BCUT2D eigenvalue weighted by atomic mass is 10.0. The van der Waals surface area contributed by atoms with Crippen LogP contribution in [0.4, 0.5) is 0 Å². The van der Waals surface area contributed by atoms with Gasteiger partial charge < -0.3 is 19.7 Å². The predicted molar refractivity (Wildman–Crippen MR) is 136 cm³/mol. The van der Waals surface area contributed by atoms with E-state index in [1.807, 2.05) is 60.4 Å². The molecule has 0 radical (unpaired) electrons. The SMILES string of the molecule is CCOc1ccc(C(=O)N2CCC(NC(=O)c3ccccc3OCc3ccc(Cl)cc3)CC2)cc1. The molecular formula is C28H29ClN2O4. The molecule has 1 aliphatic heterocycles. The maximum Gasteiger partial charge on any atom is 0.255 e. The smallest absolute Gasteiger partial charge is 0.255 e. The Kier molecular flexibility index (Phi) is 8.27. The number of hydrogen-bond acceptors (Lipinski definition) is 4. The Balaban J connectivity index is 1.30. The Morgan fingerprint density at radius 1 is 0.943 bits per heavy atom. The minimum Gasteiger partial charge on any atom is -0.494 e. The highest BCUT2D eigenvalue weighted by molar-refractivity contribution is 6.30. The molecule has 2 amide bonds. The Bertz CT molecular complexity index is 1140. The van der Waals surface area contributed by atoms with Gasteiger partial charge in [-0.2, -0.15) is 0 Å². The lowest BCUT2D eigenvalue weighted by molar-refractivity contribution is 0.0698. The van der Waals surface area contributed by atoms with E-state index in [0.29, 0.717) is 61.0 Å². The molecule has 1 heterocycles. The van der Waals surface area contributed by atoms with Crippen molar-refractivity contribution in [3.63, 3.8) is 0 Å². The second-order valence-electron chi connectivity index (χ2n) is 8.41. The molecule has 6 nitrogen and oxygen atoms in total. The van der Waals surface area contributed by atoms with Crippen molar-refractivity contribution in [3.05, 3.63) is 94.5 Å². The van der Waals surface area contributed by atoms with Crippen LogP contribution in [0.2, 0.25) is 5.02 Å². The molecule has 0 aliphatic carbocycles. The Hall–Kier alpha value is -3.51. The summed E-state index contributed by atoms with van der Waals surface area (Å²) in [6.07, 6.45) is 1.39. The number of nitrogens with one attached hydrogen (secondary N) is 1. The van der Waals surface area contributed by atoms with Crippen molar-refractivity contribution in [2.45, 2.75) is 32.4 Å². The number of benzene rings is 3. The van der Waals surface area contributed by atoms with Crippen molar-refractivity contribution in [2.24, 2.45) is 0 Å². The molecule has 0 spiro atoms. The van der Waals surface area contributed by atoms with E-state index in [1.54, 1.807) is 24.3 Å². The van der Waals surface area contributed by atoms with Gasteiger partial charge in [0.05, 0.1) is 12.2 Å². The minimum atomic E-state index is -0.173. The molecule has 0 unspecified atom stereocenters. The maximum absolute atomic E-state index is 13.0. The molecule has 1 aliphatic rings. The van der Waals surface area contributed by atoms with Crippen LogP contribution in [0.25, 0.3) is 0 Å². The van der Waals surface area contributed by atoms with E-state index in [1.165, 1.54) is 0 Å². The number of hydrogen-bond donors (Lipinski definition) is 1. The van der Waals surface area contributed by atoms with Gasteiger partial charge in [0.25, 0.3) is 11.8 Å². The van der Waals surface area contributed by atoms with Gasteiger partial charge in [-0.15, -0.1) is 0 Å². The van der Waals surface area contributed by atoms with E-state index >= 15 is 0 Å². The van der Waals surface area contributed by atoms with Gasteiger partial charge in [-0.3, -0.25) is 9.59 Å². The summed E-state index contributed by atoms with van der Waals surface area (Å²) < 4.78 is 11.4. The van der Waals surface area contributed by atoms with Crippen molar-refractivity contribution >= 4 is 23.4 Å². The fourth-order valence-corrected chi connectivity index (χ4v) is 4.18. The van der Waals surface area contributed by atoms with Crippen molar-refractivity contribution in [3.8, 4) is 11.5 Å². The van der Waals surface area contributed by atoms with Crippen LogP contribution in [0.3, 0.4) is 0 Å². The van der Waals surface area contributed by atoms with Crippen LogP contribution >= 0.6 is 11.6 Å². The molecule has 3 aromatic rings. The van der Waals surface area contributed by atoms with Crippen LogP contribution in [-0.2, 0) is 6.61 Å². The maximum atomic E-state index is 13.0. The van der Waals surface area contributed by atoms with Gasteiger partial charge in [-0.1, -0.05) is 35.9 Å². The lowest BCUT2D eigenvalue weighted by Crippen LogP contribution is -2.46. The first-order valence-corrected chi connectivity index (χ1v) is 12.2. The molecule has 182 valence electrons. The van der Waals surface area contributed by atoms with Crippen LogP contribution in [-0.4, -0.2) is 42.5 Å². The number of amides is 2. The molecule has 0 atom stereocenters. The first-order valence-electron chi connectivity index (χ1n) is 11.8. The fourth-order valence-electron chi connectivity index (χ4n) is 4.05. The zero-order valence-corrected chi connectivity index (χ0v) is 20.5. The highest BCUT2D eigenvalue weighted by atomic mass is 35.5. The Morgan fingerprint density at radius 2 is 1.63 bits per heavy atom. The molecular weight excluding hydrogens is 464 g/mol. The third kappa shape index (κ3) is 6.55. The van der Waals surface area contributed by atoms with Gasteiger partial charge in [-0.25, -0.2) is 0 Å². The summed E-state index contributed by atoms with van der Waals surface area (Å²) in [5.74, 6) is 1.11. The summed E-state index contributed by atoms with van der Waals surface area (Å²) in [4.78, 5) is 27.7. The molecule has 0 bridgehead atoms. The van der Waals surface area contributed by atoms with Crippen LogP contribution in [0.15, 0.2) is 72.8 Å². The zero-order chi connectivity index (χ0) is 24.6. The predicted octanol–water partition coefficient (Wildman–Crippen LogP) is 5.35. The number of carbonyl (C=O) groups excluding carboxylic acids is 2. The molecule has 0 saturated carbocycles. The van der Waals surface area contributed by atoms with E-state index in [-0.39, 0.29) is 17.9 Å². The normalized spacial score (nSPS) is 13.8. The van der Waals surface area contributed by atoms with Crippen LogP contribution in [0.5, 0.6) is 11.5 Å². The van der Waals surface area contributed by atoms with Crippen molar-refractivity contribution in [1.82, 2.24) is 10.2 Å². The number of halogens is 1. The number of nitrogens with zero attached hydrogens (tertiary/aromatic N) is 1. The second kappa shape index (κ2) is 11.8. The summed E-state index contributed by atoms with van der Waals surface area (Å²) in [5.41, 5.74) is 2.10. The standard InChI is InChI=1S/C28H29ClN2O4/c1-2-34-24-13-9-21(10-14-24)28(33)31-17-15-23(16-18-31)30-27(32)25-5-3-4-6-26(25)35-19-20-7-11-22(29)12-8-20/h3-14,23H,2,15-19H2,1H3,(H,30,32). The molecule has 7 heteroatoms. The van der Waals surface area contributed by atoms with E-state index in [2.05, 4.69) is 5.32 Å². The third-order valence-corrected chi connectivity index (χ3v) is 6.22. The number of piperidine rings is 1. The summed E-state index contributed by atoms with van der Waals surface area (Å²) in [7, 11) is 0. The largest absolute Gasteiger partial charge is 0.494 e. The average molecular weight is 493 g/mol. The van der Waals surface area contributed by atoms with Crippen LogP contribution in [0, 0.1) is 0 Å². The number of para-hydroxylation sites is 1. The summed E-state index contributed by atoms with van der Waals surface area (Å²) in [5, 5.41) is 3.78. The highest BCUT2D eigenvalue weighted by Gasteiger charge is 2.25. The summed E-state index contributed by atoms with van der Waals surface area (Å²) >= 11 is 5.94. The number of carbonyl (C=O) groups is 2. The molecule has 1 saturated heterocycles. The Labute approximate surface area is 210 Å². The quantitative estimate of drug-likeness (QED) is 0.460. The number of rotatable bonds is 8. The van der Waals surface area contributed by atoms with E-state index in [4.69, 9.17) is 21.1 Å². The van der Waals surface area contributed by atoms with Gasteiger partial charge in [0, 0.05) is 29.7 Å². The number of ether oxygens (including phenoxy) is 2. The molecule has 3 aromatic carbocycles. The van der Waals surface area contributed by atoms with Gasteiger partial charge in [0.2, 0.25) is 0 Å². The van der Waals surface area contributed by atoms with Crippen LogP contribution < -0.4 is 14.8 Å². The monoisotopic (exact) mass is 492 g/mol. The first-order chi connectivity index (χ1) is 17.0. The van der Waals surface area contributed by atoms with Gasteiger partial charge in [0.15, 0.2) is 0 Å². The van der Waals surface area contributed by atoms with E-state index < -0.39 is 0 Å². The van der Waals surface area contributed by atoms with Crippen LogP contribution in [0.1, 0.15) is 46.0 Å². The van der Waals surface area contributed by atoms with Gasteiger partial charge in [0.1, 0.15) is 18.1 Å². The molecule has 0 aromatic heterocycles. The van der Waals surface area contributed by atoms with E-state index in [0.717, 1.165) is 11.3 Å². The fraction of sp³-hybridized carbons (Fsp3) is 0.286. The van der Waals surface area contributed by atoms with E-state index in [9.17, 15) is 9.59 Å². The molecule has 35 heavy (non-hydrogen) atoms. The van der Waals surface area contributed by atoms with Crippen molar-refractivity contribution in [2.75, 3.05) is 19.7 Å². The Morgan fingerprint density at radius 3 is 2.31 bits per heavy atom. The second-order valence-corrected chi connectivity index (χ2v) is 8.85. The first kappa shape index (κ1) is 24.6. The summed E-state index contributed by atoms with van der Waals surface area (Å²) in [6, 6.07) is 21.9. The van der Waals surface area contributed by atoms with Crippen molar-refractivity contribution in [1.29, 1.82) is 0 Å². The molecule has 4 rings (SSSR count). The molecule has 1 N–H and O–H groups in total. The highest BCUT2D eigenvalue weighted by Crippen LogP contribution is 2.22. The van der Waals surface area contributed by atoms with Gasteiger partial charge >= 0.3 is 0 Å². The van der Waals surface area contributed by atoms with Crippen molar-refractivity contribution < 1.29 is 19.1 Å². The average Bonchev–Trinajstić information content (AvgIpc) is 2.89. The lowest BCUT2D eigenvalue weighted by Gasteiger charge is -2.32. The number of likely N-dealkylation sites (tertiary alicyclic amines) is 1. The van der Waals surface area contributed by atoms with Gasteiger partial charge in [-0.05, 0) is 73.9 Å². The molecule has 1 fully saturated rings. The zero-order valence-electron chi connectivity index (χ0n) is 19.7. The summed E-state index contributed by atoms with van der Waals surface area (Å²) in [6.45, 7) is 4.03.